The van der Waals surface area contributed by atoms with Gasteiger partial charge in [-0.25, -0.2) is 4.39 Å². The van der Waals surface area contributed by atoms with E-state index in [4.69, 9.17) is 4.74 Å². The number of ether oxygens (including phenoxy) is 1. The molecular formula is C13H17BrFNO2. The molecule has 2 atom stereocenters. The highest BCUT2D eigenvalue weighted by atomic mass is 79.9. The molecule has 1 aromatic rings. The van der Waals surface area contributed by atoms with E-state index in [9.17, 15) is 9.50 Å². The highest BCUT2D eigenvalue weighted by Crippen LogP contribution is 2.25. The van der Waals surface area contributed by atoms with Crippen molar-refractivity contribution in [3.05, 3.63) is 34.1 Å². The third-order valence-corrected chi connectivity index (χ3v) is 3.94. The average Bonchev–Trinajstić information content (AvgIpc) is 2.74. The predicted molar refractivity (Wildman–Crippen MR) is 70.9 cm³/mol. The Morgan fingerprint density at radius 1 is 1.61 bits per heavy atom. The van der Waals surface area contributed by atoms with E-state index in [2.05, 4.69) is 21.2 Å². The second kappa shape index (κ2) is 5.65. The van der Waals surface area contributed by atoms with Gasteiger partial charge < -0.3 is 15.2 Å². The van der Waals surface area contributed by atoms with Crippen LogP contribution in [0.5, 0.6) is 0 Å². The van der Waals surface area contributed by atoms with E-state index in [1.54, 1.807) is 6.07 Å². The van der Waals surface area contributed by atoms with Crippen LogP contribution in [0.1, 0.15) is 24.9 Å². The lowest BCUT2D eigenvalue weighted by atomic mass is 10.0. The Bertz CT molecular complexity index is 421. The second-order valence-electron chi connectivity index (χ2n) is 4.80. The molecule has 1 aromatic carbocycles. The van der Waals surface area contributed by atoms with Crippen LogP contribution in [0.25, 0.3) is 0 Å². The summed E-state index contributed by atoms with van der Waals surface area (Å²) in [4.78, 5) is 0. The molecule has 0 radical (unpaired) electrons. The van der Waals surface area contributed by atoms with Crippen molar-refractivity contribution < 1.29 is 14.2 Å². The summed E-state index contributed by atoms with van der Waals surface area (Å²) >= 11 is 3.35. The molecule has 2 rings (SSSR count). The molecule has 0 saturated carbocycles. The lowest BCUT2D eigenvalue weighted by molar-refractivity contribution is 0.0252. The van der Waals surface area contributed by atoms with Crippen LogP contribution in [-0.2, 0) is 4.74 Å². The molecule has 2 unspecified atom stereocenters. The average molecular weight is 318 g/mol. The zero-order valence-corrected chi connectivity index (χ0v) is 11.8. The summed E-state index contributed by atoms with van der Waals surface area (Å²) in [5.74, 6) is -0.263. The van der Waals surface area contributed by atoms with Gasteiger partial charge in [-0.2, -0.15) is 0 Å². The zero-order valence-electron chi connectivity index (χ0n) is 10.2. The van der Waals surface area contributed by atoms with Gasteiger partial charge in [0.1, 0.15) is 11.4 Å². The Balaban J connectivity index is 1.97. The summed E-state index contributed by atoms with van der Waals surface area (Å²) in [5.41, 5.74) is 0.194. The fourth-order valence-corrected chi connectivity index (χ4v) is 2.74. The van der Waals surface area contributed by atoms with Gasteiger partial charge in [0.25, 0.3) is 0 Å². The van der Waals surface area contributed by atoms with E-state index in [0.717, 1.165) is 10.0 Å². The van der Waals surface area contributed by atoms with E-state index >= 15 is 0 Å². The molecule has 0 aromatic heterocycles. The van der Waals surface area contributed by atoms with Crippen molar-refractivity contribution in [2.45, 2.75) is 25.0 Å². The predicted octanol–water partition coefficient (Wildman–Crippen LogP) is 2.39. The molecule has 1 saturated heterocycles. The molecule has 1 heterocycles. The minimum Gasteiger partial charge on any atom is -0.386 e. The maximum Gasteiger partial charge on any atom is 0.124 e. The maximum absolute atomic E-state index is 13.0. The summed E-state index contributed by atoms with van der Waals surface area (Å²) < 4.78 is 18.9. The summed E-state index contributed by atoms with van der Waals surface area (Å²) in [6, 6.07) is 4.66. The largest absolute Gasteiger partial charge is 0.386 e. The molecule has 18 heavy (non-hydrogen) atoms. The molecule has 0 spiro atoms. The van der Waals surface area contributed by atoms with E-state index in [-0.39, 0.29) is 11.9 Å². The SMILES string of the molecule is CC(NCC1(O)CCOC1)c1ccc(F)cc1Br. The first-order valence-corrected chi connectivity index (χ1v) is 6.78. The molecular weight excluding hydrogens is 301 g/mol. The maximum atomic E-state index is 13.0. The van der Waals surface area contributed by atoms with Crippen molar-refractivity contribution in [3.63, 3.8) is 0 Å². The monoisotopic (exact) mass is 317 g/mol. The first-order valence-electron chi connectivity index (χ1n) is 5.99. The lowest BCUT2D eigenvalue weighted by Gasteiger charge is -2.24. The van der Waals surface area contributed by atoms with Crippen molar-refractivity contribution in [2.24, 2.45) is 0 Å². The summed E-state index contributed by atoms with van der Waals surface area (Å²) in [6.07, 6.45) is 0.650. The van der Waals surface area contributed by atoms with Gasteiger partial charge >= 0.3 is 0 Å². The van der Waals surface area contributed by atoms with E-state index in [0.29, 0.717) is 26.2 Å². The van der Waals surface area contributed by atoms with Crippen LogP contribution in [0.4, 0.5) is 4.39 Å². The Kier molecular flexibility index (Phi) is 4.37. The minimum absolute atomic E-state index is 0.0320. The summed E-state index contributed by atoms with van der Waals surface area (Å²) in [5, 5.41) is 13.4. The highest BCUT2D eigenvalue weighted by molar-refractivity contribution is 9.10. The lowest BCUT2D eigenvalue weighted by Crippen LogP contribution is -2.41. The third-order valence-electron chi connectivity index (χ3n) is 3.25. The molecule has 100 valence electrons. The van der Waals surface area contributed by atoms with Gasteiger partial charge in [0, 0.05) is 30.1 Å². The van der Waals surface area contributed by atoms with Crippen LogP contribution in [0.15, 0.2) is 22.7 Å². The van der Waals surface area contributed by atoms with Crippen molar-refractivity contribution in [1.29, 1.82) is 0 Å². The molecule has 1 aliphatic rings. The van der Waals surface area contributed by atoms with Crippen LogP contribution in [0.2, 0.25) is 0 Å². The molecule has 3 nitrogen and oxygen atoms in total. The van der Waals surface area contributed by atoms with E-state index < -0.39 is 5.60 Å². The number of rotatable bonds is 4. The smallest absolute Gasteiger partial charge is 0.124 e. The molecule has 0 amide bonds. The number of aliphatic hydroxyl groups is 1. The number of benzene rings is 1. The van der Waals surface area contributed by atoms with Crippen LogP contribution in [-0.4, -0.2) is 30.5 Å². The van der Waals surface area contributed by atoms with Crippen LogP contribution in [0, 0.1) is 5.82 Å². The number of hydrogen-bond donors (Lipinski definition) is 2. The zero-order chi connectivity index (χ0) is 13.2. The Hall–Kier alpha value is -0.490. The van der Waals surface area contributed by atoms with E-state index in [1.807, 2.05) is 6.92 Å². The van der Waals surface area contributed by atoms with Gasteiger partial charge in [-0.05, 0) is 24.6 Å². The van der Waals surface area contributed by atoms with Crippen molar-refractivity contribution in [3.8, 4) is 0 Å². The van der Waals surface area contributed by atoms with Gasteiger partial charge in [-0.1, -0.05) is 22.0 Å². The van der Waals surface area contributed by atoms with Gasteiger partial charge in [0.2, 0.25) is 0 Å². The molecule has 1 aliphatic heterocycles. The molecule has 2 N–H and O–H groups in total. The fraction of sp³-hybridized carbons (Fsp3) is 0.538. The number of nitrogens with one attached hydrogen (secondary N) is 1. The Morgan fingerprint density at radius 2 is 2.39 bits per heavy atom. The molecule has 5 heteroatoms. The number of halogens is 2. The van der Waals surface area contributed by atoms with Crippen LogP contribution in [0.3, 0.4) is 0 Å². The Labute approximate surface area is 114 Å². The summed E-state index contributed by atoms with van der Waals surface area (Å²) in [7, 11) is 0. The molecule has 0 aliphatic carbocycles. The van der Waals surface area contributed by atoms with Crippen LogP contribution >= 0.6 is 15.9 Å². The first-order chi connectivity index (χ1) is 8.50. The van der Waals surface area contributed by atoms with E-state index in [1.165, 1.54) is 12.1 Å². The molecule has 1 fully saturated rings. The van der Waals surface area contributed by atoms with Crippen molar-refractivity contribution >= 4 is 15.9 Å². The standard InChI is InChI=1S/C13H17BrFNO2/c1-9(11-3-2-10(15)6-12(11)14)16-7-13(17)4-5-18-8-13/h2-3,6,9,16-17H,4-5,7-8H2,1H3. The van der Waals surface area contributed by atoms with Gasteiger partial charge in [-0.3, -0.25) is 0 Å². The topological polar surface area (TPSA) is 41.5 Å². The van der Waals surface area contributed by atoms with Gasteiger partial charge in [-0.15, -0.1) is 0 Å². The normalized spacial score (nSPS) is 25.3. The second-order valence-corrected chi connectivity index (χ2v) is 5.65. The van der Waals surface area contributed by atoms with Crippen molar-refractivity contribution in [1.82, 2.24) is 5.32 Å². The molecule has 0 bridgehead atoms. The quantitative estimate of drug-likeness (QED) is 0.896. The van der Waals surface area contributed by atoms with Gasteiger partial charge in [0.15, 0.2) is 0 Å². The highest BCUT2D eigenvalue weighted by Gasteiger charge is 2.32. The van der Waals surface area contributed by atoms with Gasteiger partial charge in [0.05, 0.1) is 6.61 Å². The fourth-order valence-electron chi connectivity index (χ4n) is 2.04. The minimum atomic E-state index is -0.777. The first kappa shape index (κ1) is 13.9. The summed E-state index contributed by atoms with van der Waals surface area (Å²) in [6.45, 7) is 3.43. The third kappa shape index (κ3) is 3.29. The van der Waals surface area contributed by atoms with Crippen LogP contribution < -0.4 is 5.32 Å². The number of hydrogen-bond acceptors (Lipinski definition) is 3. The van der Waals surface area contributed by atoms with Crippen molar-refractivity contribution in [2.75, 3.05) is 19.8 Å². The Morgan fingerprint density at radius 3 is 3.00 bits per heavy atom.